The number of rotatable bonds is 6. The lowest BCUT2D eigenvalue weighted by Crippen LogP contribution is -2.34. The monoisotopic (exact) mass is 461 g/mol. The van der Waals surface area contributed by atoms with Gasteiger partial charge in [-0.3, -0.25) is 19.4 Å². The van der Waals surface area contributed by atoms with Crippen molar-refractivity contribution in [2.75, 3.05) is 10.2 Å². The first kappa shape index (κ1) is 22.6. The van der Waals surface area contributed by atoms with Crippen molar-refractivity contribution in [3.05, 3.63) is 77.4 Å². The molecule has 33 heavy (non-hydrogen) atoms. The Morgan fingerprint density at radius 2 is 1.85 bits per heavy atom. The molecule has 4 rings (SSSR count). The molecule has 1 aliphatic rings. The van der Waals surface area contributed by atoms with E-state index >= 15 is 0 Å². The fourth-order valence-electron chi connectivity index (χ4n) is 3.75. The van der Waals surface area contributed by atoms with Crippen LogP contribution in [-0.4, -0.2) is 37.9 Å². The van der Waals surface area contributed by atoms with Gasteiger partial charge in [-0.05, 0) is 54.3 Å². The number of amides is 3. The molecule has 1 atom stereocenters. The molecule has 1 aliphatic carbocycles. The molecule has 0 radical (unpaired) electrons. The third kappa shape index (κ3) is 5.43. The van der Waals surface area contributed by atoms with Crippen molar-refractivity contribution in [2.45, 2.75) is 37.7 Å². The number of carbonyl (C=O) groups is 3. The molecule has 3 aromatic rings. The van der Waals surface area contributed by atoms with E-state index in [0.717, 1.165) is 29.1 Å². The topological polar surface area (TPSA) is 105 Å². The van der Waals surface area contributed by atoms with Gasteiger partial charge in [0.2, 0.25) is 17.8 Å². The Hall–Kier alpha value is -3.59. The van der Waals surface area contributed by atoms with Gasteiger partial charge in [-0.15, -0.1) is 0 Å². The van der Waals surface area contributed by atoms with Crippen LogP contribution in [0.25, 0.3) is 0 Å². The first-order chi connectivity index (χ1) is 15.9. The summed E-state index contributed by atoms with van der Waals surface area (Å²) in [6.07, 6.45) is 6.57. The smallest absolute Gasteiger partial charge is 0.257 e. The number of benzene rings is 1. The van der Waals surface area contributed by atoms with Crippen LogP contribution < -0.4 is 10.2 Å². The van der Waals surface area contributed by atoms with Crippen LogP contribution in [0, 0.1) is 0 Å². The van der Waals surface area contributed by atoms with Crippen molar-refractivity contribution >= 4 is 41.1 Å². The maximum atomic E-state index is 12.4. The van der Waals surface area contributed by atoms with Crippen molar-refractivity contribution in [1.82, 2.24) is 15.0 Å². The molecule has 1 aromatic carbocycles. The molecule has 3 amide bonds. The molecule has 1 unspecified atom stereocenters. The summed E-state index contributed by atoms with van der Waals surface area (Å²) in [5.74, 6) is -0.258. The van der Waals surface area contributed by atoms with E-state index in [1.54, 1.807) is 48.6 Å². The Labute approximate surface area is 195 Å². The fraction of sp³-hybridized carbons (Fsp3) is 0.250. The Bertz CT molecular complexity index is 1190. The fourth-order valence-corrected chi connectivity index (χ4v) is 4.92. The molecular weight excluding hydrogens is 438 g/mol. The zero-order valence-electron chi connectivity index (χ0n) is 18.3. The lowest BCUT2D eigenvalue weighted by molar-refractivity contribution is -0.124. The van der Waals surface area contributed by atoms with Gasteiger partial charge in [0.15, 0.2) is 0 Å². The second kappa shape index (κ2) is 9.91. The van der Waals surface area contributed by atoms with Gasteiger partial charge in [0.05, 0.1) is 11.3 Å². The number of aromatic nitrogens is 3. The van der Waals surface area contributed by atoms with E-state index in [9.17, 15) is 14.4 Å². The normalized spacial score (nSPS) is 14.4. The first-order valence-electron chi connectivity index (χ1n) is 10.5. The Morgan fingerprint density at radius 3 is 2.58 bits per heavy atom. The molecule has 1 N–H and O–H groups in total. The summed E-state index contributed by atoms with van der Waals surface area (Å²) in [4.78, 5) is 49.3. The third-order valence-electron chi connectivity index (χ3n) is 5.28. The van der Waals surface area contributed by atoms with Crippen molar-refractivity contribution < 1.29 is 14.4 Å². The standard InChI is InChI=1S/C24H23N5O3S/c1-15(30)29(16(2)31)24-26-9-7-21(28-24)14-33-22-11-17-5-6-20(10-19(17)12-22)27-23(32)18-4-3-8-25-13-18/h3-10,13,22H,11-12,14H2,1-2H3,(H,27,32). The average Bonchev–Trinajstić information content (AvgIpc) is 3.20. The summed E-state index contributed by atoms with van der Waals surface area (Å²) in [5.41, 5.74) is 4.54. The SMILES string of the molecule is CC(=O)N(C(C)=O)c1nccc(CSC2Cc3ccc(NC(=O)c4cccnc4)cc3C2)n1. The summed E-state index contributed by atoms with van der Waals surface area (Å²) in [7, 11) is 0. The van der Waals surface area contributed by atoms with E-state index < -0.39 is 11.8 Å². The first-order valence-corrected chi connectivity index (χ1v) is 11.5. The van der Waals surface area contributed by atoms with Gasteiger partial charge in [-0.2, -0.15) is 11.8 Å². The molecular formula is C24H23N5O3S. The Kier molecular flexibility index (Phi) is 6.79. The summed E-state index contributed by atoms with van der Waals surface area (Å²) in [5, 5.41) is 3.31. The molecule has 0 aliphatic heterocycles. The summed E-state index contributed by atoms with van der Waals surface area (Å²) < 4.78 is 0. The van der Waals surface area contributed by atoms with Crippen molar-refractivity contribution in [1.29, 1.82) is 0 Å². The van der Waals surface area contributed by atoms with Gasteiger partial charge >= 0.3 is 0 Å². The molecule has 168 valence electrons. The minimum atomic E-state index is -0.412. The highest BCUT2D eigenvalue weighted by atomic mass is 32.2. The van der Waals surface area contributed by atoms with E-state index in [4.69, 9.17) is 0 Å². The second-order valence-electron chi connectivity index (χ2n) is 7.74. The van der Waals surface area contributed by atoms with Gasteiger partial charge < -0.3 is 5.32 Å². The Morgan fingerprint density at radius 1 is 1.06 bits per heavy atom. The molecule has 0 saturated carbocycles. The Balaban J connectivity index is 1.37. The number of nitrogens with one attached hydrogen (secondary N) is 1. The average molecular weight is 462 g/mol. The quantitative estimate of drug-likeness (QED) is 0.600. The molecule has 9 heteroatoms. The number of thioether (sulfide) groups is 1. The summed E-state index contributed by atoms with van der Waals surface area (Å²) in [6.45, 7) is 2.63. The van der Waals surface area contributed by atoms with Crippen LogP contribution in [0.1, 0.15) is 41.0 Å². The number of carbonyl (C=O) groups excluding carboxylic acids is 3. The van der Waals surface area contributed by atoms with Crippen molar-refractivity contribution in [2.24, 2.45) is 0 Å². The number of fused-ring (bicyclic) bond motifs is 1. The van der Waals surface area contributed by atoms with Crippen LogP contribution in [0.2, 0.25) is 0 Å². The highest BCUT2D eigenvalue weighted by Gasteiger charge is 2.23. The van der Waals surface area contributed by atoms with Gasteiger partial charge in [-0.1, -0.05) is 6.07 Å². The number of imide groups is 1. The number of nitrogens with zero attached hydrogens (tertiary/aromatic N) is 4. The van der Waals surface area contributed by atoms with Crippen LogP contribution >= 0.6 is 11.8 Å². The molecule has 2 heterocycles. The minimum absolute atomic E-state index is 0.108. The maximum Gasteiger partial charge on any atom is 0.257 e. The number of pyridine rings is 1. The molecule has 8 nitrogen and oxygen atoms in total. The van der Waals surface area contributed by atoms with Gasteiger partial charge in [0, 0.05) is 49.1 Å². The zero-order chi connectivity index (χ0) is 23.4. The van der Waals surface area contributed by atoms with Crippen LogP contribution in [0.4, 0.5) is 11.6 Å². The lowest BCUT2D eigenvalue weighted by Gasteiger charge is -2.15. The minimum Gasteiger partial charge on any atom is -0.322 e. The largest absolute Gasteiger partial charge is 0.322 e. The summed E-state index contributed by atoms with van der Waals surface area (Å²) in [6, 6.07) is 11.3. The van der Waals surface area contributed by atoms with E-state index in [0.29, 0.717) is 16.6 Å². The predicted octanol–water partition coefficient (Wildman–Crippen LogP) is 3.42. The predicted molar refractivity (Wildman–Crippen MR) is 127 cm³/mol. The van der Waals surface area contributed by atoms with E-state index in [-0.39, 0.29) is 11.9 Å². The van der Waals surface area contributed by atoms with E-state index in [2.05, 4.69) is 26.3 Å². The molecule has 2 aromatic heterocycles. The van der Waals surface area contributed by atoms with Gasteiger partial charge in [0.1, 0.15) is 0 Å². The number of hydrogen-bond donors (Lipinski definition) is 1. The molecule has 0 bridgehead atoms. The van der Waals surface area contributed by atoms with Crippen LogP contribution in [-0.2, 0) is 28.2 Å². The van der Waals surface area contributed by atoms with Gasteiger partial charge in [-0.25, -0.2) is 14.9 Å². The molecule has 0 spiro atoms. The van der Waals surface area contributed by atoms with E-state index in [1.807, 2.05) is 12.1 Å². The summed E-state index contributed by atoms with van der Waals surface area (Å²) >= 11 is 1.77. The zero-order valence-corrected chi connectivity index (χ0v) is 19.1. The van der Waals surface area contributed by atoms with Gasteiger partial charge in [0.25, 0.3) is 5.91 Å². The van der Waals surface area contributed by atoms with Crippen LogP contribution in [0.15, 0.2) is 55.0 Å². The lowest BCUT2D eigenvalue weighted by atomic mass is 10.1. The van der Waals surface area contributed by atoms with Crippen LogP contribution in [0.3, 0.4) is 0 Å². The number of anilines is 2. The molecule has 0 saturated heterocycles. The highest BCUT2D eigenvalue weighted by molar-refractivity contribution is 7.99. The maximum absolute atomic E-state index is 12.4. The number of hydrogen-bond acceptors (Lipinski definition) is 7. The molecule has 0 fully saturated rings. The van der Waals surface area contributed by atoms with Crippen LogP contribution in [0.5, 0.6) is 0 Å². The van der Waals surface area contributed by atoms with Crippen molar-refractivity contribution in [3.8, 4) is 0 Å². The highest BCUT2D eigenvalue weighted by Crippen LogP contribution is 2.33. The van der Waals surface area contributed by atoms with Crippen molar-refractivity contribution in [3.63, 3.8) is 0 Å². The second-order valence-corrected chi connectivity index (χ2v) is 9.03. The third-order valence-corrected chi connectivity index (χ3v) is 6.55. The van der Waals surface area contributed by atoms with E-state index in [1.165, 1.54) is 25.0 Å².